The smallest absolute Gasteiger partial charge is 0.418 e. The molecule has 2 aromatic carbocycles. The molecule has 0 saturated heterocycles. The number of ether oxygens (including phenoxy) is 1. The Morgan fingerprint density at radius 3 is 2.44 bits per heavy atom. The van der Waals surface area contributed by atoms with E-state index in [0.717, 1.165) is 6.07 Å². The highest BCUT2D eigenvalue weighted by molar-refractivity contribution is 5.54. The number of benzene rings is 2. The lowest BCUT2D eigenvalue weighted by Gasteiger charge is -2.13. The SMILES string of the molecule is COc1ccc(-c2nnc(CNc3ccccc3C(F)(F)F)o2)cc1. The van der Waals surface area contributed by atoms with Crippen molar-refractivity contribution in [2.45, 2.75) is 12.7 Å². The van der Waals surface area contributed by atoms with Crippen LogP contribution < -0.4 is 10.1 Å². The van der Waals surface area contributed by atoms with Crippen molar-refractivity contribution >= 4 is 5.69 Å². The van der Waals surface area contributed by atoms with Gasteiger partial charge in [-0.25, -0.2) is 0 Å². The number of nitrogens with zero attached hydrogens (tertiary/aromatic N) is 2. The van der Waals surface area contributed by atoms with E-state index in [-0.39, 0.29) is 24.0 Å². The summed E-state index contributed by atoms with van der Waals surface area (Å²) in [6, 6.07) is 12.2. The number of hydrogen-bond acceptors (Lipinski definition) is 5. The van der Waals surface area contributed by atoms with Crippen molar-refractivity contribution in [3.05, 3.63) is 60.0 Å². The molecule has 0 spiro atoms. The second-order valence-corrected chi connectivity index (χ2v) is 5.13. The van der Waals surface area contributed by atoms with Crippen LogP contribution in [0.25, 0.3) is 11.5 Å². The molecule has 0 unspecified atom stereocenters. The average molecular weight is 349 g/mol. The van der Waals surface area contributed by atoms with Crippen LogP contribution in [-0.2, 0) is 12.7 Å². The first-order valence-corrected chi connectivity index (χ1v) is 7.34. The van der Waals surface area contributed by atoms with Gasteiger partial charge in [-0.05, 0) is 36.4 Å². The molecule has 0 atom stereocenters. The molecule has 0 amide bonds. The maximum absolute atomic E-state index is 13.0. The van der Waals surface area contributed by atoms with Gasteiger partial charge >= 0.3 is 6.18 Å². The van der Waals surface area contributed by atoms with Gasteiger partial charge in [-0.3, -0.25) is 0 Å². The minimum Gasteiger partial charge on any atom is -0.497 e. The summed E-state index contributed by atoms with van der Waals surface area (Å²) in [7, 11) is 1.56. The number of nitrogens with one attached hydrogen (secondary N) is 1. The third kappa shape index (κ3) is 3.90. The first-order chi connectivity index (χ1) is 12.0. The van der Waals surface area contributed by atoms with Crippen LogP contribution >= 0.6 is 0 Å². The number of rotatable bonds is 5. The summed E-state index contributed by atoms with van der Waals surface area (Å²) in [5.74, 6) is 1.15. The van der Waals surface area contributed by atoms with Gasteiger partial charge in [-0.1, -0.05) is 12.1 Å². The van der Waals surface area contributed by atoms with Gasteiger partial charge in [0.05, 0.1) is 19.2 Å². The predicted octanol–water partition coefficient (Wildman–Crippen LogP) is 4.38. The maximum Gasteiger partial charge on any atom is 0.418 e. The van der Waals surface area contributed by atoms with Gasteiger partial charge < -0.3 is 14.5 Å². The summed E-state index contributed by atoms with van der Waals surface area (Å²) in [6.07, 6.45) is -4.44. The van der Waals surface area contributed by atoms with E-state index >= 15 is 0 Å². The van der Waals surface area contributed by atoms with E-state index in [4.69, 9.17) is 9.15 Å². The molecule has 3 rings (SSSR count). The molecule has 0 bridgehead atoms. The van der Waals surface area contributed by atoms with E-state index in [1.165, 1.54) is 18.2 Å². The Labute approximate surface area is 141 Å². The normalized spacial score (nSPS) is 11.4. The van der Waals surface area contributed by atoms with E-state index in [1.54, 1.807) is 31.4 Å². The topological polar surface area (TPSA) is 60.2 Å². The standard InChI is InChI=1S/C17H14F3N3O2/c1-24-12-8-6-11(7-9-12)16-23-22-15(25-16)10-21-14-5-3-2-4-13(14)17(18,19)20/h2-9,21H,10H2,1H3. The van der Waals surface area contributed by atoms with Gasteiger partial charge in [0.15, 0.2) is 0 Å². The molecule has 1 aromatic heterocycles. The number of hydrogen-bond donors (Lipinski definition) is 1. The monoisotopic (exact) mass is 349 g/mol. The molecular formula is C17H14F3N3O2. The van der Waals surface area contributed by atoms with Crippen molar-refractivity contribution in [3.63, 3.8) is 0 Å². The van der Waals surface area contributed by atoms with Gasteiger partial charge in [-0.2, -0.15) is 13.2 Å². The molecular weight excluding hydrogens is 335 g/mol. The zero-order valence-electron chi connectivity index (χ0n) is 13.2. The molecule has 1 N–H and O–H groups in total. The molecule has 3 aromatic rings. The van der Waals surface area contributed by atoms with Crippen molar-refractivity contribution in [1.29, 1.82) is 0 Å². The van der Waals surface area contributed by atoms with Crippen LogP contribution in [-0.4, -0.2) is 17.3 Å². The van der Waals surface area contributed by atoms with Crippen LogP contribution in [0.5, 0.6) is 5.75 Å². The minimum absolute atomic E-state index is 0.0176. The molecule has 0 fully saturated rings. The van der Waals surface area contributed by atoms with Crippen molar-refractivity contribution in [2.24, 2.45) is 0 Å². The van der Waals surface area contributed by atoms with E-state index < -0.39 is 11.7 Å². The Balaban J connectivity index is 1.72. The van der Waals surface area contributed by atoms with Crippen molar-refractivity contribution in [1.82, 2.24) is 10.2 Å². The third-order valence-electron chi connectivity index (χ3n) is 3.47. The Morgan fingerprint density at radius 1 is 1.04 bits per heavy atom. The van der Waals surface area contributed by atoms with Gasteiger partial charge in [0.25, 0.3) is 0 Å². The Morgan fingerprint density at radius 2 is 1.76 bits per heavy atom. The number of aromatic nitrogens is 2. The second kappa shape index (κ2) is 6.84. The summed E-state index contributed by atoms with van der Waals surface area (Å²) < 4.78 is 49.4. The first kappa shape index (κ1) is 16.8. The highest BCUT2D eigenvalue weighted by atomic mass is 19.4. The molecule has 25 heavy (non-hydrogen) atoms. The highest BCUT2D eigenvalue weighted by Crippen LogP contribution is 2.34. The summed E-state index contributed by atoms with van der Waals surface area (Å²) in [5, 5.41) is 10.4. The molecule has 130 valence electrons. The lowest BCUT2D eigenvalue weighted by atomic mass is 10.1. The van der Waals surface area contributed by atoms with Crippen molar-refractivity contribution < 1.29 is 22.3 Å². The Bertz CT molecular complexity index is 845. The Hall–Kier alpha value is -3.03. The molecule has 0 radical (unpaired) electrons. The lowest BCUT2D eigenvalue weighted by molar-refractivity contribution is -0.137. The van der Waals surface area contributed by atoms with Gasteiger partial charge in [0, 0.05) is 11.3 Å². The fourth-order valence-electron chi connectivity index (χ4n) is 2.23. The lowest BCUT2D eigenvalue weighted by Crippen LogP contribution is -2.10. The average Bonchev–Trinajstić information content (AvgIpc) is 3.08. The fraction of sp³-hybridized carbons (Fsp3) is 0.176. The third-order valence-corrected chi connectivity index (χ3v) is 3.47. The van der Waals surface area contributed by atoms with Crippen LogP contribution in [0.3, 0.4) is 0 Å². The quantitative estimate of drug-likeness (QED) is 0.741. The van der Waals surface area contributed by atoms with Crippen molar-refractivity contribution in [3.8, 4) is 17.2 Å². The van der Waals surface area contributed by atoms with E-state index in [1.807, 2.05) is 0 Å². The van der Waals surface area contributed by atoms with Gasteiger partial charge in [0.1, 0.15) is 5.75 Å². The van der Waals surface area contributed by atoms with Crippen molar-refractivity contribution in [2.75, 3.05) is 12.4 Å². The summed E-state index contributed by atoms with van der Waals surface area (Å²) >= 11 is 0. The molecule has 0 aliphatic carbocycles. The summed E-state index contributed by atoms with van der Waals surface area (Å²) in [4.78, 5) is 0. The predicted molar refractivity (Wildman–Crippen MR) is 85.1 cm³/mol. The zero-order chi connectivity index (χ0) is 17.9. The largest absolute Gasteiger partial charge is 0.497 e. The number of methoxy groups -OCH3 is 1. The second-order valence-electron chi connectivity index (χ2n) is 5.13. The highest BCUT2D eigenvalue weighted by Gasteiger charge is 2.33. The van der Waals surface area contributed by atoms with Crippen LogP contribution in [0.15, 0.2) is 52.9 Å². The molecule has 0 saturated carbocycles. The van der Waals surface area contributed by atoms with E-state index in [0.29, 0.717) is 11.3 Å². The molecule has 0 aliphatic rings. The van der Waals surface area contributed by atoms with Crippen LogP contribution in [0, 0.1) is 0 Å². The molecule has 1 heterocycles. The number of alkyl halides is 3. The Kier molecular flexibility index (Phi) is 4.60. The first-order valence-electron chi connectivity index (χ1n) is 7.34. The minimum atomic E-state index is -4.44. The maximum atomic E-state index is 13.0. The summed E-state index contributed by atoms with van der Waals surface area (Å²) in [5.41, 5.74) is -0.0978. The number of anilines is 1. The van der Waals surface area contributed by atoms with E-state index in [2.05, 4.69) is 15.5 Å². The number of halogens is 3. The summed E-state index contributed by atoms with van der Waals surface area (Å²) in [6.45, 7) is -0.0176. The van der Waals surface area contributed by atoms with Crippen LogP contribution in [0.4, 0.5) is 18.9 Å². The van der Waals surface area contributed by atoms with Gasteiger partial charge in [0.2, 0.25) is 11.8 Å². The molecule has 0 aliphatic heterocycles. The zero-order valence-corrected chi connectivity index (χ0v) is 13.2. The number of para-hydroxylation sites is 1. The van der Waals surface area contributed by atoms with E-state index in [9.17, 15) is 13.2 Å². The van der Waals surface area contributed by atoms with Crippen LogP contribution in [0.2, 0.25) is 0 Å². The van der Waals surface area contributed by atoms with Crippen LogP contribution in [0.1, 0.15) is 11.5 Å². The fourth-order valence-corrected chi connectivity index (χ4v) is 2.23. The molecule has 8 heteroatoms. The molecule has 5 nitrogen and oxygen atoms in total. The van der Waals surface area contributed by atoms with Gasteiger partial charge in [-0.15, -0.1) is 10.2 Å².